The van der Waals surface area contributed by atoms with Crippen LogP contribution in [-0.4, -0.2) is 9.55 Å². The highest BCUT2D eigenvalue weighted by Crippen LogP contribution is 2.40. The normalized spacial score (nSPS) is 25.4. The largest absolute Gasteiger partial charge is 0.369 e. The van der Waals surface area contributed by atoms with E-state index in [-0.39, 0.29) is 0 Å². The van der Waals surface area contributed by atoms with Gasteiger partial charge in [-0.1, -0.05) is 19.1 Å². The van der Waals surface area contributed by atoms with Crippen molar-refractivity contribution in [3.05, 3.63) is 24.3 Å². The summed E-state index contributed by atoms with van der Waals surface area (Å²) in [6.07, 6.45) is 2.45. The molecule has 3 heteroatoms. The van der Waals surface area contributed by atoms with Crippen LogP contribution in [0.25, 0.3) is 11.0 Å². The average Bonchev–Trinajstić information content (AvgIpc) is 2.49. The zero-order valence-electron chi connectivity index (χ0n) is 8.85. The van der Waals surface area contributed by atoms with E-state index in [2.05, 4.69) is 22.5 Å². The predicted octanol–water partition coefficient (Wildman–Crippen LogP) is 2.59. The number of aromatic nitrogens is 2. The molecular formula is C12H15N3. The fourth-order valence-corrected chi connectivity index (χ4v) is 2.52. The van der Waals surface area contributed by atoms with Crippen LogP contribution in [0.1, 0.15) is 25.8 Å². The molecule has 0 saturated heterocycles. The molecule has 0 aliphatic heterocycles. The minimum absolute atomic E-state index is 0.562. The van der Waals surface area contributed by atoms with Crippen molar-refractivity contribution in [2.75, 3.05) is 5.73 Å². The zero-order chi connectivity index (χ0) is 10.4. The van der Waals surface area contributed by atoms with Gasteiger partial charge in [-0.3, -0.25) is 0 Å². The molecule has 0 atom stereocenters. The van der Waals surface area contributed by atoms with Crippen molar-refractivity contribution in [1.82, 2.24) is 9.55 Å². The molecule has 78 valence electrons. The quantitative estimate of drug-likeness (QED) is 0.770. The highest BCUT2D eigenvalue weighted by atomic mass is 15.2. The van der Waals surface area contributed by atoms with Gasteiger partial charge >= 0.3 is 0 Å². The second kappa shape index (κ2) is 2.99. The molecule has 2 aromatic rings. The van der Waals surface area contributed by atoms with E-state index in [1.165, 1.54) is 18.4 Å². The van der Waals surface area contributed by atoms with Crippen LogP contribution in [0.2, 0.25) is 0 Å². The molecule has 0 spiro atoms. The first-order valence-electron chi connectivity index (χ1n) is 5.48. The molecule has 1 fully saturated rings. The number of imidazole rings is 1. The lowest BCUT2D eigenvalue weighted by Crippen LogP contribution is -2.25. The van der Waals surface area contributed by atoms with Gasteiger partial charge in [-0.2, -0.15) is 0 Å². The highest BCUT2D eigenvalue weighted by Gasteiger charge is 2.29. The summed E-state index contributed by atoms with van der Waals surface area (Å²) in [6.45, 7) is 2.28. The van der Waals surface area contributed by atoms with Gasteiger partial charge in [-0.15, -0.1) is 0 Å². The van der Waals surface area contributed by atoms with Crippen LogP contribution < -0.4 is 5.73 Å². The Balaban J connectivity index is 2.12. The molecule has 0 radical (unpaired) electrons. The van der Waals surface area contributed by atoms with Gasteiger partial charge in [0.2, 0.25) is 5.95 Å². The summed E-state index contributed by atoms with van der Waals surface area (Å²) in [5.41, 5.74) is 8.14. The third kappa shape index (κ3) is 1.23. The van der Waals surface area contributed by atoms with Crippen molar-refractivity contribution >= 4 is 17.0 Å². The Labute approximate surface area is 88.9 Å². The van der Waals surface area contributed by atoms with Crippen LogP contribution in [0.15, 0.2) is 24.3 Å². The summed E-state index contributed by atoms with van der Waals surface area (Å²) in [5, 5.41) is 0. The van der Waals surface area contributed by atoms with Gasteiger partial charge in [0.05, 0.1) is 11.0 Å². The minimum atomic E-state index is 0.562. The molecule has 1 aliphatic carbocycles. The molecule has 1 aromatic heterocycles. The third-order valence-corrected chi connectivity index (χ3v) is 3.34. The van der Waals surface area contributed by atoms with Gasteiger partial charge in [0.1, 0.15) is 0 Å². The number of para-hydroxylation sites is 2. The molecule has 0 unspecified atom stereocenters. The lowest BCUT2D eigenvalue weighted by atomic mass is 9.81. The molecular weight excluding hydrogens is 186 g/mol. The first-order chi connectivity index (χ1) is 7.25. The maximum atomic E-state index is 5.96. The second-order valence-electron chi connectivity index (χ2n) is 4.56. The van der Waals surface area contributed by atoms with Crippen molar-refractivity contribution in [1.29, 1.82) is 0 Å². The van der Waals surface area contributed by atoms with Gasteiger partial charge in [0.25, 0.3) is 0 Å². The number of nitrogens with zero attached hydrogens (tertiary/aromatic N) is 2. The maximum Gasteiger partial charge on any atom is 0.201 e. The van der Waals surface area contributed by atoms with Crippen molar-refractivity contribution in [3.8, 4) is 0 Å². The lowest BCUT2D eigenvalue weighted by Gasteiger charge is -2.34. The number of nitrogen functional groups attached to an aromatic ring is 1. The van der Waals surface area contributed by atoms with Crippen LogP contribution in [-0.2, 0) is 0 Å². The molecule has 1 saturated carbocycles. The summed E-state index contributed by atoms with van der Waals surface area (Å²) in [5.74, 6) is 1.49. The van der Waals surface area contributed by atoms with Crippen molar-refractivity contribution < 1.29 is 0 Å². The van der Waals surface area contributed by atoms with Crippen LogP contribution in [0, 0.1) is 5.92 Å². The van der Waals surface area contributed by atoms with Gasteiger partial charge < -0.3 is 10.3 Å². The first kappa shape index (κ1) is 8.77. The fourth-order valence-electron chi connectivity index (χ4n) is 2.52. The van der Waals surface area contributed by atoms with E-state index in [0.717, 1.165) is 11.4 Å². The third-order valence-electron chi connectivity index (χ3n) is 3.34. The topological polar surface area (TPSA) is 43.8 Å². The highest BCUT2D eigenvalue weighted by molar-refractivity contribution is 5.78. The molecule has 0 bridgehead atoms. The molecule has 3 rings (SSSR count). The van der Waals surface area contributed by atoms with Crippen LogP contribution in [0.5, 0.6) is 0 Å². The van der Waals surface area contributed by atoms with E-state index < -0.39 is 0 Å². The van der Waals surface area contributed by atoms with Crippen LogP contribution in [0.3, 0.4) is 0 Å². The molecule has 1 aliphatic rings. The SMILES string of the molecule is CC1CC(n2c(N)nc3ccccc32)C1. The number of rotatable bonds is 1. The van der Waals surface area contributed by atoms with E-state index in [1.807, 2.05) is 18.2 Å². The molecule has 2 N–H and O–H groups in total. The summed E-state index contributed by atoms with van der Waals surface area (Å²) in [7, 11) is 0. The Kier molecular flexibility index (Phi) is 1.75. The summed E-state index contributed by atoms with van der Waals surface area (Å²) >= 11 is 0. The van der Waals surface area contributed by atoms with Gasteiger partial charge in [-0.05, 0) is 30.9 Å². The molecule has 1 heterocycles. The molecule has 1 aromatic carbocycles. The Hall–Kier alpha value is -1.51. The first-order valence-corrected chi connectivity index (χ1v) is 5.48. The number of nitrogens with two attached hydrogens (primary N) is 1. The zero-order valence-corrected chi connectivity index (χ0v) is 8.85. The number of benzene rings is 1. The predicted molar refractivity (Wildman–Crippen MR) is 61.6 cm³/mol. The van der Waals surface area contributed by atoms with Crippen LogP contribution >= 0.6 is 0 Å². The number of hydrogen-bond donors (Lipinski definition) is 1. The summed E-state index contributed by atoms with van der Waals surface area (Å²) in [6, 6.07) is 8.73. The maximum absolute atomic E-state index is 5.96. The number of anilines is 1. The molecule has 0 amide bonds. The van der Waals surface area contributed by atoms with E-state index in [9.17, 15) is 0 Å². The Morgan fingerprint density at radius 3 is 2.80 bits per heavy atom. The lowest BCUT2D eigenvalue weighted by molar-refractivity contribution is 0.223. The van der Waals surface area contributed by atoms with Crippen molar-refractivity contribution in [2.45, 2.75) is 25.8 Å². The smallest absolute Gasteiger partial charge is 0.201 e. The number of hydrogen-bond acceptors (Lipinski definition) is 2. The monoisotopic (exact) mass is 201 g/mol. The second-order valence-corrected chi connectivity index (χ2v) is 4.56. The Bertz CT molecular complexity index is 495. The summed E-state index contributed by atoms with van der Waals surface area (Å²) < 4.78 is 2.19. The van der Waals surface area contributed by atoms with Crippen molar-refractivity contribution in [2.24, 2.45) is 5.92 Å². The van der Waals surface area contributed by atoms with E-state index >= 15 is 0 Å². The number of fused-ring (bicyclic) bond motifs is 1. The van der Waals surface area contributed by atoms with Gasteiger partial charge in [0, 0.05) is 6.04 Å². The Morgan fingerprint density at radius 1 is 1.33 bits per heavy atom. The fraction of sp³-hybridized carbons (Fsp3) is 0.417. The molecule has 15 heavy (non-hydrogen) atoms. The van der Waals surface area contributed by atoms with E-state index in [1.54, 1.807) is 0 Å². The average molecular weight is 201 g/mol. The van der Waals surface area contributed by atoms with Gasteiger partial charge in [-0.25, -0.2) is 4.98 Å². The Morgan fingerprint density at radius 2 is 2.07 bits per heavy atom. The van der Waals surface area contributed by atoms with Crippen molar-refractivity contribution in [3.63, 3.8) is 0 Å². The minimum Gasteiger partial charge on any atom is -0.369 e. The molecule has 3 nitrogen and oxygen atoms in total. The summed E-state index contributed by atoms with van der Waals surface area (Å²) in [4.78, 5) is 4.38. The van der Waals surface area contributed by atoms with E-state index in [4.69, 9.17) is 5.73 Å². The van der Waals surface area contributed by atoms with E-state index in [0.29, 0.717) is 12.0 Å². The van der Waals surface area contributed by atoms with Gasteiger partial charge in [0.15, 0.2) is 0 Å². The standard InChI is InChI=1S/C12H15N3/c1-8-6-9(7-8)15-11-5-3-2-4-10(11)14-12(15)13/h2-5,8-9H,6-7H2,1H3,(H2,13,14). The van der Waals surface area contributed by atoms with Crippen LogP contribution in [0.4, 0.5) is 5.95 Å².